The van der Waals surface area contributed by atoms with Crippen LogP contribution in [0.3, 0.4) is 0 Å². The molecule has 0 bridgehead atoms. The summed E-state index contributed by atoms with van der Waals surface area (Å²) in [5, 5.41) is 22.5. The first-order chi connectivity index (χ1) is 19.0. The molecule has 5 heteroatoms. The minimum Gasteiger partial charge on any atom is -0.873 e. The largest absolute Gasteiger partial charge is 2.00 e. The topological polar surface area (TPSA) is 70.8 Å². The number of unbranched alkanes of at least 4 members (excludes halogenated alkanes) is 4. The Kier molecular flexibility index (Phi) is 18.4. The molecular weight excluding hydrogens is 539 g/mol. The fraction of sp³-hybridized carbons (Fsp3) is 0.429. The van der Waals surface area contributed by atoms with Gasteiger partial charge >= 0.3 is 16.5 Å². The fourth-order valence-corrected chi connectivity index (χ4v) is 4.29. The van der Waals surface area contributed by atoms with Crippen molar-refractivity contribution in [2.75, 3.05) is 0 Å². The Morgan fingerprint density at radius 2 is 1.15 bits per heavy atom. The average Bonchev–Trinajstić information content (AvgIpc) is 2.96. The summed E-state index contributed by atoms with van der Waals surface area (Å²) >= 11 is 0. The predicted molar refractivity (Wildman–Crippen MR) is 164 cm³/mol. The summed E-state index contributed by atoms with van der Waals surface area (Å²) in [7, 11) is 0. The number of aryl methyl sites for hydroxylation is 2. The van der Waals surface area contributed by atoms with Crippen molar-refractivity contribution in [1.82, 2.24) is 0 Å². The van der Waals surface area contributed by atoms with E-state index in [2.05, 4.69) is 38.1 Å². The summed E-state index contributed by atoms with van der Waals surface area (Å²) in [4.78, 5) is 9.97. The number of hydrogen-bond donors (Lipinski definition) is 0. The zero-order valence-electron chi connectivity index (χ0n) is 24.7. The summed E-state index contributed by atoms with van der Waals surface area (Å²) in [6.45, 7) is 8.47. The van der Waals surface area contributed by atoms with Crippen molar-refractivity contribution in [3.63, 3.8) is 0 Å². The van der Waals surface area contributed by atoms with Gasteiger partial charge in [0.2, 0.25) is 0 Å². The van der Waals surface area contributed by atoms with Crippen molar-refractivity contribution in [2.24, 2.45) is 9.98 Å². The van der Waals surface area contributed by atoms with E-state index in [1.54, 1.807) is 0 Å². The molecule has 0 fully saturated rings. The number of aliphatic imine (C=N–C) groups is 2. The van der Waals surface area contributed by atoms with Crippen LogP contribution in [-0.2, 0) is 29.3 Å². The zero-order chi connectivity index (χ0) is 28.3. The Bertz CT molecular complexity index is 1140. The van der Waals surface area contributed by atoms with Crippen molar-refractivity contribution < 1.29 is 26.7 Å². The molecule has 0 heterocycles. The average molecular weight is 585 g/mol. The maximum absolute atomic E-state index is 11.3. The second-order valence-electron chi connectivity index (χ2n) is 9.89. The Hall–Kier alpha value is -2.91. The van der Waals surface area contributed by atoms with Crippen LogP contribution in [0.5, 0.6) is 11.5 Å². The van der Waals surface area contributed by atoms with Gasteiger partial charge in [-0.25, -0.2) is 0 Å². The third-order valence-corrected chi connectivity index (χ3v) is 6.53. The van der Waals surface area contributed by atoms with Gasteiger partial charge in [0.1, 0.15) is 0 Å². The fourth-order valence-electron chi connectivity index (χ4n) is 4.29. The van der Waals surface area contributed by atoms with Crippen LogP contribution < -0.4 is 10.2 Å². The van der Waals surface area contributed by atoms with Crippen LogP contribution in [-0.4, -0.2) is 11.4 Å². The summed E-state index contributed by atoms with van der Waals surface area (Å²) in [6, 6.07) is 23.9. The molecule has 0 aliphatic carbocycles. The van der Waals surface area contributed by atoms with Crippen LogP contribution in [0.2, 0.25) is 0 Å². The van der Waals surface area contributed by atoms with Crippen molar-refractivity contribution in [3.05, 3.63) is 83.9 Å². The smallest absolute Gasteiger partial charge is 0.873 e. The van der Waals surface area contributed by atoms with Gasteiger partial charge in [-0.3, -0.25) is 9.98 Å². The summed E-state index contributed by atoms with van der Waals surface area (Å²) < 4.78 is 0. The van der Waals surface area contributed by atoms with Crippen LogP contribution in [0.4, 0.5) is 11.4 Å². The first kappa shape index (κ1) is 35.1. The van der Waals surface area contributed by atoms with E-state index in [-0.39, 0.29) is 28.0 Å². The maximum atomic E-state index is 11.3. The molecule has 40 heavy (non-hydrogen) atoms. The summed E-state index contributed by atoms with van der Waals surface area (Å²) in [5.41, 5.74) is 5.99. The molecule has 3 rings (SSSR count). The van der Waals surface area contributed by atoms with E-state index < -0.39 is 0 Å². The molecule has 0 atom stereocenters. The van der Waals surface area contributed by atoms with Gasteiger partial charge < -0.3 is 10.2 Å². The van der Waals surface area contributed by atoms with Crippen LogP contribution >= 0.6 is 0 Å². The molecule has 4 nitrogen and oxygen atoms in total. The number of hydrogen-bond acceptors (Lipinski definition) is 4. The van der Waals surface area contributed by atoms with E-state index in [9.17, 15) is 10.2 Å². The summed E-state index contributed by atoms with van der Waals surface area (Å²) in [6.07, 6.45) is 11.7. The van der Waals surface area contributed by atoms with E-state index in [1.165, 1.54) is 38.2 Å². The normalized spacial score (nSPS) is 11.4. The van der Waals surface area contributed by atoms with Gasteiger partial charge in [-0.2, -0.15) is 0 Å². The van der Waals surface area contributed by atoms with Gasteiger partial charge in [-0.05, 0) is 68.4 Å². The molecule has 0 saturated heterocycles. The Balaban J connectivity index is 0.000000482. The van der Waals surface area contributed by atoms with Crippen molar-refractivity contribution in [3.8, 4) is 11.5 Å². The van der Waals surface area contributed by atoms with E-state index in [0.29, 0.717) is 12.0 Å². The van der Waals surface area contributed by atoms with Crippen molar-refractivity contribution in [2.45, 2.75) is 98.3 Å². The molecule has 0 N–H and O–H groups in total. The van der Waals surface area contributed by atoms with Gasteiger partial charge in [0.15, 0.2) is 0 Å². The van der Waals surface area contributed by atoms with Gasteiger partial charge in [0.05, 0.1) is 22.8 Å². The molecule has 0 unspecified atom stereocenters. The van der Waals surface area contributed by atoms with Gasteiger partial charge in [0, 0.05) is 0 Å². The molecule has 0 aliphatic rings. The molecule has 0 spiro atoms. The van der Waals surface area contributed by atoms with Crippen LogP contribution in [0.15, 0.2) is 82.8 Å². The molecule has 0 aliphatic heterocycles. The monoisotopic (exact) mass is 584 g/mol. The molecular formula is C35H46N2NiO2. The molecule has 3 aromatic rings. The molecule has 218 valence electrons. The molecule has 0 saturated carbocycles. The van der Waals surface area contributed by atoms with Crippen LogP contribution in [0.25, 0.3) is 0 Å². The van der Waals surface area contributed by atoms with E-state index in [4.69, 9.17) is 9.98 Å². The second kappa shape index (κ2) is 20.9. The molecule has 0 radical (unpaired) electrons. The number of para-hydroxylation sites is 2. The minimum atomic E-state index is -0.359. The van der Waals surface area contributed by atoms with Crippen molar-refractivity contribution >= 4 is 22.8 Å². The Labute approximate surface area is 252 Å². The third kappa shape index (κ3) is 13.0. The number of nitrogens with zero attached hydrogens (tertiary/aromatic N) is 2. The van der Waals surface area contributed by atoms with E-state index in [1.807, 2.05) is 56.3 Å². The van der Waals surface area contributed by atoms with Crippen LogP contribution in [0.1, 0.15) is 96.6 Å². The quantitative estimate of drug-likeness (QED) is 0.108. The van der Waals surface area contributed by atoms with Gasteiger partial charge in [0.25, 0.3) is 0 Å². The first-order valence-corrected chi connectivity index (χ1v) is 14.8. The number of benzene rings is 3. The van der Waals surface area contributed by atoms with Crippen LogP contribution in [0, 0.1) is 0 Å². The first-order valence-electron chi connectivity index (χ1n) is 14.8. The molecule has 0 amide bonds. The Morgan fingerprint density at radius 1 is 0.625 bits per heavy atom. The van der Waals surface area contributed by atoms with E-state index in [0.717, 1.165) is 60.5 Å². The van der Waals surface area contributed by atoms with Gasteiger partial charge in [-0.1, -0.05) is 114 Å². The minimum absolute atomic E-state index is 0. The third-order valence-electron chi connectivity index (χ3n) is 6.53. The maximum Gasteiger partial charge on any atom is 2.00 e. The van der Waals surface area contributed by atoms with E-state index >= 15 is 0 Å². The SMILES string of the molecule is CCCCCCC(=Nc1ccccc1)C(CCCC)=Nc1ccccc1.CCCc1cc(CC)cc([O-])c1[O-].[Ni+2]. The molecule has 0 aromatic heterocycles. The summed E-state index contributed by atoms with van der Waals surface area (Å²) in [5.74, 6) is -0.679. The van der Waals surface area contributed by atoms with Crippen molar-refractivity contribution in [1.29, 1.82) is 0 Å². The number of rotatable bonds is 14. The Morgan fingerprint density at radius 3 is 1.62 bits per heavy atom. The molecule has 3 aromatic carbocycles. The zero-order valence-corrected chi connectivity index (χ0v) is 25.7. The van der Waals surface area contributed by atoms with Gasteiger partial charge in [-0.15, -0.1) is 11.5 Å². The predicted octanol–water partition coefficient (Wildman–Crippen LogP) is 9.04. The standard InChI is InChI=1S/C24H32N2.C11H16O2.Ni/c1-3-5-7-14-20-24(26-22-17-12-9-13-18-22)23(19-6-4-2)25-21-15-10-8-11-16-21;1-3-5-9-6-8(4-2)7-10(12)11(9)13;/h8-13,15-18H,3-7,14,19-20H2,1-2H3;6-7,12-13H,3-5H2,1-2H3;/q;;+2/p-2. The second-order valence-corrected chi connectivity index (χ2v) is 9.89.